The molecule has 0 bridgehead atoms. The molecule has 2 rings (SSSR count). The molecule has 9 heteroatoms. The molecule has 2 amide bonds. The smallest absolute Gasteiger partial charge is 0.333 e. The number of benzene rings is 1. The first-order chi connectivity index (χ1) is 11.3. The van der Waals surface area contributed by atoms with Crippen molar-refractivity contribution in [2.75, 3.05) is 19.5 Å². The Morgan fingerprint density at radius 1 is 1.04 bits per heavy atom. The van der Waals surface area contributed by atoms with E-state index in [0.717, 1.165) is 5.56 Å². The number of carbonyl (C=O) groups is 1. The molecule has 1 aromatic carbocycles. The highest BCUT2D eigenvalue weighted by atomic mass is 32.2. The van der Waals surface area contributed by atoms with E-state index in [-0.39, 0.29) is 22.3 Å². The molecular formula is C15H17N3O5S. The Kier molecular flexibility index (Phi) is 5.24. The number of hydrogen-bond acceptors (Lipinski definition) is 6. The molecule has 0 aliphatic carbocycles. The van der Waals surface area contributed by atoms with Gasteiger partial charge in [0, 0.05) is 12.1 Å². The number of sulfonamides is 1. The van der Waals surface area contributed by atoms with Crippen molar-refractivity contribution in [3.8, 4) is 11.8 Å². The largest absolute Gasteiger partial charge is 0.481 e. The van der Waals surface area contributed by atoms with Crippen LogP contribution in [-0.2, 0) is 10.0 Å². The maximum atomic E-state index is 12.2. The van der Waals surface area contributed by atoms with Crippen molar-refractivity contribution in [2.24, 2.45) is 0 Å². The monoisotopic (exact) mass is 351 g/mol. The normalized spacial score (nSPS) is 10.8. The lowest BCUT2D eigenvalue weighted by atomic mass is 10.2. The molecule has 128 valence electrons. The quantitative estimate of drug-likeness (QED) is 0.852. The van der Waals surface area contributed by atoms with Crippen LogP contribution in [0, 0.1) is 6.92 Å². The third-order valence-corrected chi connectivity index (χ3v) is 4.36. The van der Waals surface area contributed by atoms with E-state index in [0.29, 0.717) is 0 Å². The van der Waals surface area contributed by atoms with E-state index in [1.54, 1.807) is 12.1 Å². The van der Waals surface area contributed by atoms with Gasteiger partial charge in [0.15, 0.2) is 0 Å². The lowest BCUT2D eigenvalue weighted by Crippen LogP contribution is -2.34. The van der Waals surface area contributed by atoms with E-state index >= 15 is 0 Å². The number of aromatic nitrogens is 1. The molecule has 0 spiro atoms. The lowest BCUT2D eigenvalue weighted by Gasteiger charge is -2.10. The molecule has 1 aromatic heterocycles. The Labute approximate surface area is 139 Å². The Balaban J connectivity index is 2.14. The number of rotatable bonds is 5. The fraction of sp³-hybridized carbons (Fsp3) is 0.200. The van der Waals surface area contributed by atoms with Gasteiger partial charge in [-0.25, -0.2) is 17.9 Å². The second-order valence-corrected chi connectivity index (χ2v) is 6.50. The number of pyridine rings is 1. The maximum Gasteiger partial charge on any atom is 0.333 e. The zero-order chi connectivity index (χ0) is 17.7. The van der Waals surface area contributed by atoms with Crippen LogP contribution >= 0.6 is 0 Å². The highest BCUT2D eigenvalue weighted by molar-refractivity contribution is 7.90. The number of nitrogens with one attached hydrogen (secondary N) is 2. The molecule has 0 saturated carbocycles. The van der Waals surface area contributed by atoms with Crippen molar-refractivity contribution < 1.29 is 22.7 Å². The molecule has 0 saturated heterocycles. The topological polar surface area (TPSA) is 107 Å². The summed E-state index contributed by atoms with van der Waals surface area (Å²) in [4.78, 5) is 15.9. The Morgan fingerprint density at radius 3 is 2.08 bits per heavy atom. The van der Waals surface area contributed by atoms with Crippen molar-refractivity contribution in [3.05, 3.63) is 42.0 Å². The number of amides is 2. The summed E-state index contributed by atoms with van der Waals surface area (Å²) < 4.78 is 36.2. The number of anilines is 1. The van der Waals surface area contributed by atoms with Crippen LogP contribution in [0.1, 0.15) is 5.56 Å². The average molecular weight is 351 g/mol. The van der Waals surface area contributed by atoms with Gasteiger partial charge in [0.1, 0.15) is 0 Å². The third kappa shape index (κ3) is 4.35. The van der Waals surface area contributed by atoms with E-state index in [1.165, 1.54) is 38.5 Å². The number of methoxy groups -OCH3 is 2. The fourth-order valence-corrected chi connectivity index (χ4v) is 2.72. The molecule has 0 fully saturated rings. The van der Waals surface area contributed by atoms with Gasteiger partial charge < -0.3 is 14.8 Å². The van der Waals surface area contributed by atoms with Crippen LogP contribution in [0.2, 0.25) is 0 Å². The standard InChI is InChI=1S/C15H17N3O5S/c1-10-4-6-12(7-5-10)24(20,21)18-15(19)16-11-8-13(22-2)17-14(9-11)23-3/h4-9H,1-3H3,(H2,16,17,18,19). The van der Waals surface area contributed by atoms with Crippen molar-refractivity contribution >= 4 is 21.7 Å². The van der Waals surface area contributed by atoms with Gasteiger partial charge in [-0.15, -0.1) is 0 Å². The Hall–Kier alpha value is -2.81. The Bertz CT molecular complexity index is 812. The number of hydrogen-bond donors (Lipinski definition) is 2. The first-order valence-electron chi connectivity index (χ1n) is 6.84. The van der Waals surface area contributed by atoms with E-state index in [4.69, 9.17) is 9.47 Å². The molecule has 24 heavy (non-hydrogen) atoms. The first kappa shape index (κ1) is 17.5. The zero-order valence-electron chi connectivity index (χ0n) is 13.4. The van der Waals surface area contributed by atoms with Gasteiger partial charge in [0.25, 0.3) is 10.0 Å². The summed E-state index contributed by atoms with van der Waals surface area (Å²) in [5, 5.41) is 2.40. The van der Waals surface area contributed by atoms with Gasteiger partial charge in [-0.1, -0.05) is 17.7 Å². The molecule has 0 radical (unpaired) electrons. The summed E-state index contributed by atoms with van der Waals surface area (Å²) >= 11 is 0. The summed E-state index contributed by atoms with van der Waals surface area (Å²) in [6.07, 6.45) is 0. The number of ether oxygens (including phenoxy) is 2. The van der Waals surface area contributed by atoms with Crippen LogP contribution in [0.15, 0.2) is 41.3 Å². The van der Waals surface area contributed by atoms with Gasteiger partial charge >= 0.3 is 6.03 Å². The SMILES string of the molecule is COc1cc(NC(=O)NS(=O)(=O)c2ccc(C)cc2)cc(OC)n1. The van der Waals surface area contributed by atoms with Gasteiger partial charge in [-0.05, 0) is 19.1 Å². The van der Waals surface area contributed by atoms with Crippen LogP contribution < -0.4 is 19.5 Å². The third-order valence-electron chi connectivity index (χ3n) is 3.01. The zero-order valence-corrected chi connectivity index (χ0v) is 14.2. The van der Waals surface area contributed by atoms with Gasteiger partial charge in [0.05, 0.1) is 24.8 Å². The van der Waals surface area contributed by atoms with E-state index in [9.17, 15) is 13.2 Å². The minimum Gasteiger partial charge on any atom is -0.481 e. The Morgan fingerprint density at radius 2 is 1.58 bits per heavy atom. The van der Waals surface area contributed by atoms with Gasteiger partial charge in [-0.3, -0.25) is 0 Å². The molecule has 0 atom stereocenters. The second kappa shape index (κ2) is 7.18. The summed E-state index contributed by atoms with van der Waals surface area (Å²) in [6, 6.07) is 8.08. The van der Waals surface area contributed by atoms with Crippen LogP contribution in [0.4, 0.5) is 10.5 Å². The summed E-state index contributed by atoms with van der Waals surface area (Å²) in [5.74, 6) is 0.428. The molecular weight excluding hydrogens is 334 g/mol. The second-order valence-electron chi connectivity index (χ2n) is 4.81. The number of carbonyl (C=O) groups excluding carboxylic acids is 1. The predicted molar refractivity (Wildman–Crippen MR) is 87.9 cm³/mol. The predicted octanol–water partition coefficient (Wildman–Crippen LogP) is 1.92. The minimum absolute atomic E-state index is 0.00635. The van der Waals surface area contributed by atoms with Crippen LogP contribution in [0.3, 0.4) is 0 Å². The van der Waals surface area contributed by atoms with E-state index in [1.807, 2.05) is 11.6 Å². The fourth-order valence-electron chi connectivity index (χ4n) is 1.82. The van der Waals surface area contributed by atoms with E-state index < -0.39 is 16.1 Å². The van der Waals surface area contributed by atoms with Crippen LogP contribution in [0.5, 0.6) is 11.8 Å². The first-order valence-corrected chi connectivity index (χ1v) is 8.33. The average Bonchev–Trinajstić information content (AvgIpc) is 2.54. The molecule has 0 unspecified atom stereocenters. The van der Waals surface area contributed by atoms with Crippen LogP contribution in [-0.4, -0.2) is 33.7 Å². The number of nitrogens with zero attached hydrogens (tertiary/aromatic N) is 1. The summed E-state index contributed by atoms with van der Waals surface area (Å²) in [7, 11) is -1.15. The number of urea groups is 1. The van der Waals surface area contributed by atoms with Crippen molar-refractivity contribution in [1.29, 1.82) is 0 Å². The van der Waals surface area contributed by atoms with E-state index in [2.05, 4.69) is 10.3 Å². The molecule has 2 aromatic rings. The molecule has 0 aliphatic rings. The van der Waals surface area contributed by atoms with Crippen molar-refractivity contribution in [1.82, 2.24) is 9.71 Å². The van der Waals surface area contributed by atoms with Gasteiger partial charge in [-0.2, -0.15) is 4.98 Å². The maximum absolute atomic E-state index is 12.2. The highest BCUT2D eigenvalue weighted by Gasteiger charge is 2.18. The summed E-state index contributed by atoms with van der Waals surface area (Å²) in [5.41, 5.74) is 1.18. The van der Waals surface area contributed by atoms with Crippen molar-refractivity contribution in [2.45, 2.75) is 11.8 Å². The summed E-state index contributed by atoms with van der Waals surface area (Å²) in [6.45, 7) is 1.83. The molecule has 0 aliphatic heterocycles. The molecule has 8 nitrogen and oxygen atoms in total. The molecule has 2 N–H and O–H groups in total. The van der Waals surface area contributed by atoms with Gasteiger partial charge in [0.2, 0.25) is 11.8 Å². The number of aryl methyl sites for hydroxylation is 1. The minimum atomic E-state index is -3.97. The van der Waals surface area contributed by atoms with Crippen LogP contribution in [0.25, 0.3) is 0 Å². The van der Waals surface area contributed by atoms with Crippen molar-refractivity contribution in [3.63, 3.8) is 0 Å². The lowest BCUT2D eigenvalue weighted by molar-refractivity contribution is 0.256. The molecule has 1 heterocycles. The highest BCUT2D eigenvalue weighted by Crippen LogP contribution is 2.21.